The minimum Gasteiger partial charge on any atom is -0.371 e. The number of rotatable bonds is 3. The number of hydrogen-bond donors (Lipinski definition) is 0. The summed E-state index contributed by atoms with van der Waals surface area (Å²) in [5.74, 6) is 0.275. The summed E-state index contributed by atoms with van der Waals surface area (Å²) in [5.41, 5.74) is 1.20. The molecule has 1 saturated carbocycles. The Hall–Kier alpha value is -1.38. The Morgan fingerprint density at radius 2 is 2.00 bits per heavy atom. The Balaban J connectivity index is 2.24. The zero-order chi connectivity index (χ0) is 13.1. The van der Waals surface area contributed by atoms with Crippen molar-refractivity contribution in [2.45, 2.75) is 38.6 Å². The van der Waals surface area contributed by atoms with Gasteiger partial charge in [-0.25, -0.2) is 4.39 Å². The van der Waals surface area contributed by atoms with Crippen LogP contribution in [0.3, 0.4) is 0 Å². The molecule has 98 valence electrons. The molecule has 1 aromatic carbocycles. The van der Waals surface area contributed by atoms with Gasteiger partial charge >= 0.3 is 0 Å². The average Bonchev–Trinajstić information content (AvgIpc) is 2.37. The van der Waals surface area contributed by atoms with Gasteiger partial charge in [0.2, 0.25) is 0 Å². The van der Waals surface area contributed by atoms with Crippen LogP contribution in [-0.2, 0) is 0 Å². The van der Waals surface area contributed by atoms with Crippen molar-refractivity contribution in [3.8, 4) is 0 Å². The number of halogens is 1. The Morgan fingerprint density at radius 3 is 2.67 bits per heavy atom. The second-order valence-corrected chi connectivity index (χ2v) is 5.30. The van der Waals surface area contributed by atoms with Crippen molar-refractivity contribution in [3.63, 3.8) is 0 Å². The molecule has 3 heteroatoms. The van der Waals surface area contributed by atoms with Crippen molar-refractivity contribution in [1.82, 2.24) is 0 Å². The summed E-state index contributed by atoms with van der Waals surface area (Å²) >= 11 is 0. The molecule has 1 aromatic rings. The molecular formula is C15H20FNO. The lowest BCUT2D eigenvalue weighted by atomic mass is 9.85. The molecule has 0 saturated heterocycles. The Morgan fingerprint density at radius 1 is 1.28 bits per heavy atom. The number of aldehydes is 1. The fraction of sp³-hybridized carbons (Fsp3) is 0.533. The van der Waals surface area contributed by atoms with Gasteiger partial charge in [-0.2, -0.15) is 0 Å². The summed E-state index contributed by atoms with van der Waals surface area (Å²) in [4.78, 5) is 12.9. The van der Waals surface area contributed by atoms with E-state index in [2.05, 4.69) is 11.8 Å². The second kappa shape index (κ2) is 5.51. The predicted molar refractivity (Wildman–Crippen MR) is 71.6 cm³/mol. The summed E-state index contributed by atoms with van der Waals surface area (Å²) in [6.45, 7) is 2.25. The zero-order valence-electron chi connectivity index (χ0n) is 11.0. The standard InChI is InChI=1S/C15H20FNO/c1-11-5-3-4-6-15(11)17(2)14-8-12(10-18)7-13(16)9-14/h7-11,15H,3-6H2,1-2H3. The van der Waals surface area contributed by atoms with E-state index in [-0.39, 0.29) is 5.82 Å². The van der Waals surface area contributed by atoms with E-state index in [1.165, 1.54) is 31.4 Å². The summed E-state index contributed by atoms with van der Waals surface area (Å²) in [6, 6.07) is 4.99. The lowest BCUT2D eigenvalue weighted by molar-refractivity contribution is 0.112. The molecule has 0 heterocycles. The molecule has 0 amide bonds. The minimum atomic E-state index is -0.343. The molecule has 2 rings (SSSR count). The van der Waals surface area contributed by atoms with E-state index < -0.39 is 0 Å². The Bertz CT molecular complexity index is 433. The number of benzene rings is 1. The first kappa shape index (κ1) is 13.1. The number of nitrogens with zero attached hydrogens (tertiary/aromatic N) is 1. The zero-order valence-corrected chi connectivity index (χ0v) is 11.0. The SMILES string of the molecule is CC1CCCCC1N(C)c1cc(F)cc(C=O)c1. The molecule has 1 aliphatic rings. The van der Waals surface area contributed by atoms with Gasteiger partial charge in [0, 0.05) is 24.3 Å². The molecule has 0 bridgehead atoms. The Kier molecular flexibility index (Phi) is 4.00. The lowest BCUT2D eigenvalue weighted by Gasteiger charge is -2.37. The average molecular weight is 249 g/mol. The van der Waals surface area contributed by atoms with Crippen LogP contribution < -0.4 is 4.90 Å². The highest BCUT2D eigenvalue weighted by molar-refractivity contribution is 5.77. The third-order valence-electron chi connectivity index (χ3n) is 4.01. The third kappa shape index (κ3) is 2.71. The summed E-state index contributed by atoms with van der Waals surface area (Å²) in [5, 5.41) is 0. The summed E-state index contributed by atoms with van der Waals surface area (Å²) in [7, 11) is 2.00. The maximum Gasteiger partial charge on any atom is 0.150 e. The number of carbonyl (C=O) groups excluding carboxylic acids is 1. The molecular weight excluding hydrogens is 229 g/mol. The maximum absolute atomic E-state index is 13.5. The normalized spacial score (nSPS) is 23.7. The van der Waals surface area contributed by atoms with Crippen LogP contribution in [0, 0.1) is 11.7 Å². The van der Waals surface area contributed by atoms with Crippen LogP contribution in [0.4, 0.5) is 10.1 Å². The van der Waals surface area contributed by atoms with Crippen molar-refractivity contribution in [2.75, 3.05) is 11.9 Å². The first-order valence-corrected chi connectivity index (χ1v) is 6.60. The number of anilines is 1. The maximum atomic E-state index is 13.5. The van der Waals surface area contributed by atoms with Crippen molar-refractivity contribution < 1.29 is 9.18 Å². The molecule has 1 aliphatic carbocycles. The first-order valence-electron chi connectivity index (χ1n) is 6.60. The smallest absolute Gasteiger partial charge is 0.150 e. The van der Waals surface area contributed by atoms with Crippen LogP contribution in [0.1, 0.15) is 43.0 Å². The second-order valence-electron chi connectivity index (χ2n) is 5.30. The fourth-order valence-electron chi connectivity index (χ4n) is 2.93. The van der Waals surface area contributed by atoms with Gasteiger partial charge in [-0.05, 0) is 37.0 Å². The van der Waals surface area contributed by atoms with E-state index in [1.807, 2.05) is 7.05 Å². The van der Waals surface area contributed by atoms with Crippen LogP contribution in [0.25, 0.3) is 0 Å². The van der Waals surface area contributed by atoms with Crippen LogP contribution in [-0.4, -0.2) is 19.4 Å². The van der Waals surface area contributed by atoms with Gasteiger partial charge in [-0.3, -0.25) is 4.79 Å². The monoisotopic (exact) mass is 249 g/mol. The van der Waals surface area contributed by atoms with Crippen LogP contribution in [0.2, 0.25) is 0 Å². The van der Waals surface area contributed by atoms with E-state index in [4.69, 9.17) is 0 Å². The van der Waals surface area contributed by atoms with Crippen molar-refractivity contribution in [1.29, 1.82) is 0 Å². The Labute approximate surface area is 108 Å². The molecule has 1 fully saturated rings. The molecule has 2 nitrogen and oxygen atoms in total. The van der Waals surface area contributed by atoms with E-state index in [1.54, 1.807) is 6.07 Å². The quantitative estimate of drug-likeness (QED) is 0.762. The van der Waals surface area contributed by atoms with Gasteiger partial charge in [0.05, 0.1) is 0 Å². The first-order chi connectivity index (χ1) is 8.61. The van der Waals surface area contributed by atoms with Crippen LogP contribution in [0.15, 0.2) is 18.2 Å². The molecule has 0 N–H and O–H groups in total. The number of hydrogen-bond acceptors (Lipinski definition) is 2. The predicted octanol–water partition coefficient (Wildman–Crippen LogP) is 3.65. The third-order valence-corrected chi connectivity index (χ3v) is 4.01. The summed E-state index contributed by atoms with van der Waals surface area (Å²) in [6.07, 6.45) is 5.59. The van der Waals surface area contributed by atoms with Crippen molar-refractivity contribution >= 4 is 12.0 Å². The molecule has 0 spiro atoms. The molecule has 0 aliphatic heterocycles. The largest absolute Gasteiger partial charge is 0.371 e. The van der Waals surface area contributed by atoms with E-state index in [0.717, 1.165) is 12.1 Å². The highest BCUT2D eigenvalue weighted by Gasteiger charge is 2.25. The molecule has 18 heavy (non-hydrogen) atoms. The van der Waals surface area contributed by atoms with Crippen molar-refractivity contribution in [2.24, 2.45) is 5.92 Å². The minimum absolute atomic E-state index is 0.343. The van der Waals surface area contributed by atoms with E-state index in [0.29, 0.717) is 23.8 Å². The molecule has 2 atom stereocenters. The van der Waals surface area contributed by atoms with Gasteiger partial charge < -0.3 is 4.90 Å². The van der Waals surface area contributed by atoms with Gasteiger partial charge in [0.25, 0.3) is 0 Å². The lowest BCUT2D eigenvalue weighted by Crippen LogP contribution is -2.39. The molecule has 2 unspecified atom stereocenters. The fourth-order valence-corrected chi connectivity index (χ4v) is 2.93. The van der Waals surface area contributed by atoms with Gasteiger partial charge in [-0.15, -0.1) is 0 Å². The van der Waals surface area contributed by atoms with Crippen LogP contribution >= 0.6 is 0 Å². The van der Waals surface area contributed by atoms with Crippen molar-refractivity contribution in [3.05, 3.63) is 29.6 Å². The highest BCUT2D eigenvalue weighted by Crippen LogP contribution is 2.30. The van der Waals surface area contributed by atoms with Crippen LogP contribution in [0.5, 0.6) is 0 Å². The summed E-state index contributed by atoms with van der Waals surface area (Å²) < 4.78 is 13.5. The van der Waals surface area contributed by atoms with Gasteiger partial charge in [0.15, 0.2) is 0 Å². The van der Waals surface area contributed by atoms with E-state index in [9.17, 15) is 9.18 Å². The highest BCUT2D eigenvalue weighted by atomic mass is 19.1. The molecule has 0 radical (unpaired) electrons. The van der Waals surface area contributed by atoms with Gasteiger partial charge in [0.1, 0.15) is 12.1 Å². The molecule has 0 aromatic heterocycles. The van der Waals surface area contributed by atoms with Gasteiger partial charge in [-0.1, -0.05) is 19.8 Å². The number of carbonyl (C=O) groups is 1. The topological polar surface area (TPSA) is 20.3 Å². The van der Waals surface area contributed by atoms with E-state index >= 15 is 0 Å².